The molecule has 1 N–H and O–H groups in total. The SMILES string of the molecule is CC(C)S(=O)(=O)c1cc2c(cc1NC(=O)c1ccccc1Cl)n(C)c(=O)n2C. The fourth-order valence-electron chi connectivity index (χ4n) is 2.95. The lowest BCUT2D eigenvalue weighted by atomic mass is 10.2. The third-order valence-corrected chi connectivity index (χ3v) is 7.19. The number of carbonyl (C=O) groups excluding carboxylic acids is 1. The van der Waals surface area contributed by atoms with Gasteiger partial charge >= 0.3 is 5.69 Å². The third-order valence-electron chi connectivity index (χ3n) is 4.67. The van der Waals surface area contributed by atoms with E-state index < -0.39 is 21.0 Å². The van der Waals surface area contributed by atoms with Gasteiger partial charge in [-0.05, 0) is 38.1 Å². The summed E-state index contributed by atoms with van der Waals surface area (Å²) < 4.78 is 28.6. The summed E-state index contributed by atoms with van der Waals surface area (Å²) in [5.74, 6) is -0.536. The van der Waals surface area contributed by atoms with Crippen LogP contribution in [0.25, 0.3) is 11.0 Å². The van der Waals surface area contributed by atoms with Gasteiger partial charge in [0.2, 0.25) is 0 Å². The average Bonchev–Trinajstić information content (AvgIpc) is 2.85. The van der Waals surface area contributed by atoms with Crippen LogP contribution in [0.3, 0.4) is 0 Å². The van der Waals surface area contributed by atoms with E-state index in [0.717, 1.165) is 0 Å². The molecule has 1 heterocycles. The molecule has 3 aromatic rings. The van der Waals surface area contributed by atoms with Gasteiger partial charge in [-0.15, -0.1) is 0 Å². The van der Waals surface area contributed by atoms with E-state index in [1.54, 1.807) is 52.2 Å². The molecule has 0 spiro atoms. The molecule has 148 valence electrons. The van der Waals surface area contributed by atoms with Crippen LogP contribution in [0.1, 0.15) is 24.2 Å². The Balaban J connectivity index is 2.25. The van der Waals surface area contributed by atoms with Gasteiger partial charge in [0.15, 0.2) is 9.84 Å². The van der Waals surface area contributed by atoms with Crippen LogP contribution >= 0.6 is 11.6 Å². The van der Waals surface area contributed by atoms with Crippen molar-refractivity contribution in [3.8, 4) is 0 Å². The minimum absolute atomic E-state index is 0.0448. The van der Waals surface area contributed by atoms with E-state index in [1.807, 2.05) is 0 Å². The minimum atomic E-state index is -3.73. The molecule has 28 heavy (non-hydrogen) atoms. The van der Waals surface area contributed by atoms with Gasteiger partial charge in [-0.3, -0.25) is 13.9 Å². The molecule has 0 aliphatic heterocycles. The second kappa shape index (κ2) is 7.10. The number of nitrogens with zero attached hydrogens (tertiary/aromatic N) is 2. The highest BCUT2D eigenvalue weighted by molar-refractivity contribution is 7.92. The molecule has 0 fully saturated rings. The normalized spacial score (nSPS) is 11.9. The lowest BCUT2D eigenvalue weighted by molar-refractivity contribution is 0.102. The molecule has 1 amide bonds. The largest absolute Gasteiger partial charge is 0.328 e. The number of benzene rings is 2. The van der Waals surface area contributed by atoms with E-state index >= 15 is 0 Å². The Labute approximate surface area is 167 Å². The highest BCUT2D eigenvalue weighted by atomic mass is 35.5. The molecule has 9 heteroatoms. The number of sulfone groups is 1. The maximum absolute atomic E-state index is 12.9. The molecule has 3 rings (SSSR count). The molecule has 0 bridgehead atoms. The summed E-state index contributed by atoms with van der Waals surface area (Å²) in [6, 6.07) is 9.41. The first-order chi connectivity index (χ1) is 13.1. The van der Waals surface area contributed by atoms with Crippen LogP contribution in [-0.4, -0.2) is 28.7 Å². The molecule has 0 unspecified atom stereocenters. The van der Waals surface area contributed by atoms with Crippen molar-refractivity contribution in [3.05, 3.63) is 57.5 Å². The van der Waals surface area contributed by atoms with Crippen molar-refractivity contribution in [2.24, 2.45) is 14.1 Å². The Morgan fingerprint density at radius 2 is 1.64 bits per heavy atom. The van der Waals surface area contributed by atoms with Crippen LogP contribution in [0, 0.1) is 0 Å². The summed E-state index contributed by atoms with van der Waals surface area (Å²) in [4.78, 5) is 24.9. The summed E-state index contributed by atoms with van der Waals surface area (Å²) in [7, 11) is -0.577. The second-order valence-electron chi connectivity index (χ2n) is 6.77. The fraction of sp³-hybridized carbons (Fsp3) is 0.263. The van der Waals surface area contributed by atoms with Crippen molar-refractivity contribution in [3.63, 3.8) is 0 Å². The number of fused-ring (bicyclic) bond motifs is 1. The van der Waals surface area contributed by atoms with Gasteiger partial charge in [-0.2, -0.15) is 0 Å². The van der Waals surface area contributed by atoms with Crippen LogP contribution < -0.4 is 11.0 Å². The summed E-state index contributed by atoms with van der Waals surface area (Å²) in [5, 5.41) is 2.19. The molecule has 1 aromatic heterocycles. The summed E-state index contributed by atoms with van der Waals surface area (Å²) in [6.45, 7) is 3.12. The first-order valence-electron chi connectivity index (χ1n) is 8.55. The fourth-order valence-corrected chi connectivity index (χ4v) is 4.37. The average molecular weight is 422 g/mol. The Morgan fingerprint density at radius 1 is 1.07 bits per heavy atom. The van der Waals surface area contributed by atoms with Gasteiger partial charge < -0.3 is 5.32 Å². The molecule has 7 nitrogen and oxygen atoms in total. The third kappa shape index (κ3) is 3.22. The minimum Gasteiger partial charge on any atom is -0.321 e. The highest BCUT2D eigenvalue weighted by Crippen LogP contribution is 2.30. The standard InChI is InChI=1S/C19H20ClN3O4S/c1-11(2)28(26,27)17-10-16-15(22(3)19(25)23(16)4)9-14(17)21-18(24)12-7-5-6-8-13(12)20/h5-11H,1-4H3,(H,21,24). The van der Waals surface area contributed by atoms with Gasteiger partial charge in [0.25, 0.3) is 5.91 Å². The van der Waals surface area contributed by atoms with Crippen LogP contribution in [0.5, 0.6) is 0 Å². The van der Waals surface area contributed by atoms with E-state index in [1.165, 1.54) is 21.3 Å². The number of rotatable bonds is 4. The Morgan fingerprint density at radius 3 is 2.21 bits per heavy atom. The molecule has 0 aliphatic carbocycles. The van der Waals surface area contributed by atoms with E-state index in [0.29, 0.717) is 11.0 Å². The monoisotopic (exact) mass is 421 g/mol. The van der Waals surface area contributed by atoms with Gasteiger partial charge in [0.05, 0.1) is 37.5 Å². The molecule has 2 aromatic carbocycles. The number of nitrogens with one attached hydrogen (secondary N) is 1. The molecule has 0 aliphatic rings. The first kappa shape index (κ1) is 20.2. The summed E-state index contributed by atoms with van der Waals surface area (Å²) >= 11 is 6.08. The summed E-state index contributed by atoms with van der Waals surface area (Å²) in [6.07, 6.45) is 0. The zero-order valence-electron chi connectivity index (χ0n) is 15.9. The highest BCUT2D eigenvalue weighted by Gasteiger charge is 2.26. The number of carbonyl (C=O) groups is 1. The smallest absolute Gasteiger partial charge is 0.321 e. The molecular weight excluding hydrogens is 402 g/mol. The molecule has 0 radical (unpaired) electrons. The van der Waals surface area contributed by atoms with E-state index in [2.05, 4.69) is 5.32 Å². The van der Waals surface area contributed by atoms with Crippen molar-refractivity contribution >= 4 is 44.1 Å². The van der Waals surface area contributed by atoms with Crippen molar-refractivity contribution in [2.75, 3.05) is 5.32 Å². The van der Waals surface area contributed by atoms with E-state index in [4.69, 9.17) is 11.6 Å². The van der Waals surface area contributed by atoms with Crippen molar-refractivity contribution in [1.82, 2.24) is 9.13 Å². The predicted octanol–water partition coefficient (Wildman–Crippen LogP) is 2.96. The first-order valence-corrected chi connectivity index (χ1v) is 10.5. The number of imidazole rings is 1. The summed E-state index contributed by atoms with van der Waals surface area (Å²) in [5.41, 5.74) is 0.996. The molecule has 0 saturated heterocycles. The zero-order chi connectivity index (χ0) is 20.8. The number of anilines is 1. The van der Waals surface area contributed by atoms with Crippen molar-refractivity contribution < 1.29 is 13.2 Å². The van der Waals surface area contributed by atoms with Gasteiger partial charge in [-0.25, -0.2) is 13.2 Å². The second-order valence-corrected chi connectivity index (χ2v) is 9.65. The van der Waals surface area contributed by atoms with Crippen LogP contribution in [0.4, 0.5) is 5.69 Å². The molecule has 0 atom stereocenters. The van der Waals surface area contributed by atoms with Gasteiger partial charge in [-0.1, -0.05) is 23.7 Å². The lowest BCUT2D eigenvalue weighted by Crippen LogP contribution is -2.19. The molecule has 0 saturated carbocycles. The number of hydrogen-bond donors (Lipinski definition) is 1. The number of halogens is 1. The van der Waals surface area contributed by atoms with Gasteiger partial charge in [0.1, 0.15) is 0 Å². The number of aromatic nitrogens is 2. The predicted molar refractivity (Wildman–Crippen MR) is 110 cm³/mol. The Hall–Kier alpha value is -2.58. The van der Waals surface area contributed by atoms with Gasteiger partial charge in [0, 0.05) is 14.1 Å². The number of hydrogen-bond acceptors (Lipinski definition) is 4. The van der Waals surface area contributed by atoms with Crippen LogP contribution in [-0.2, 0) is 23.9 Å². The maximum atomic E-state index is 12.9. The van der Waals surface area contributed by atoms with Crippen molar-refractivity contribution in [1.29, 1.82) is 0 Å². The number of aryl methyl sites for hydroxylation is 2. The topological polar surface area (TPSA) is 90.2 Å². The quantitative estimate of drug-likeness (QED) is 0.701. The van der Waals surface area contributed by atoms with E-state index in [9.17, 15) is 18.0 Å². The lowest BCUT2D eigenvalue weighted by Gasteiger charge is -2.15. The maximum Gasteiger partial charge on any atom is 0.328 e. The Kier molecular flexibility index (Phi) is 5.12. The number of amides is 1. The van der Waals surface area contributed by atoms with E-state index in [-0.39, 0.29) is 26.9 Å². The van der Waals surface area contributed by atoms with Crippen LogP contribution in [0.2, 0.25) is 5.02 Å². The zero-order valence-corrected chi connectivity index (χ0v) is 17.4. The molecular formula is C19H20ClN3O4S. The van der Waals surface area contributed by atoms with Crippen LogP contribution in [0.15, 0.2) is 46.1 Å². The Bertz CT molecular complexity index is 1260. The van der Waals surface area contributed by atoms with Crippen molar-refractivity contribution in [2.45, 2.75) is 24.0 Å².